The van der Waals surface area contributed by atoms with Crippen molar-refractivity contribution >= 4 is 21.7 Å². The molecule has 4 aliphatic heterocycles. The largest absolute Gasteiger partial charge is 0.365 e. The molecule has 1 atom stereocenters. The van der Waals surface area contributed by atoms with Crippen molar-refractivity contribution in [3.63, 3.8) is 0 Å². The van der Waals surface area contributed by atoms with Gasteiger partial charge in [0.2, 0.25) is 0 Å². The molecule has 0 aliphatic carbocycles. The predicted octanol–water partition coefficient (Wildman–Crippen LogP) is 2.56. The van der Waals surface area contributed by atoms with Crippen LogP contribution >= 0.6 is 15.9 Å². The first-order valence-corrected chi connectivity index (χ1v) is 8.13. The van der Waals surface area contributed by atoms with Crippen molar-refractivity contribution in [3.05, 3.63) is 34.7 Å². The summed E-state index contributed by atoms with van der Waals surface area (Å²) in [5.41, 5.74) is 0.269. The van der Waals surface area contributed by atoms with Crippen LogP contribution in [0.2, 0.25) is 0 Å². The normalized spacial score (nSPS) is 35.0. The van der Waals surface area contributed by atoms with Crippen molar-refractivity contribution in [2.24, 2.45) is 5.92 Å². The third-order valence-electron chi connectivity index (χ3n) is 4.91. The summed E-state index contributed by atoms with van der Waals surface area (Å²) in [4.78, 5) is 7.03. The molecule has 3 saturated heterocycles. The first-order chi connectivity index (χ1) is 9.73. The minimum absolute atomic E-state index is 0.269. The number of nitrogens with one attached hydrogen (secondary N) is 2. The van der Waals surface area contributed by atoms with Crippen molar-refractivity contribution in [1.29, 1.82) is 0 Å². The summed E-state index contributed by atoms with van der Waals surface area (Å²) >= 11 is 3.41. The number of aromatic nitrogens is 1. The van der Waals surface area contributed by atoms with Gasteiger partial charge in [0.25, 0.3) is 0 Å². The van der Waals surface area contributed by atoms with Gasteiger partial charge in [-0.2, -0.15) is 0 Å². The van der Waals surface area contributed by atoms with Crippen LogP contribution in [0.4, 0.5) is 5.82 Å². The third-order valence-corrected chi connectivity index (χ3v) is 5.35. The summed E-state index contributed by atoms with van der Waals surface area (Å²) in [5.74, 6) is 2.82. The van der Waals surface area contributed by atoms with Crippen LogP contribution in [0, 0.1) is 5.92 Å². The van der Waals surface area contributed by atoms with E-state index in [9.17, 15) is 0 Å². The zero-order chi connectivity index (χ0) is 13.6. The van der Waals surface area contributed by atoms with Gasteiger partial charge in [-0.05, 0) is 72.4 Å². The number of anilines is 1. The maximum atomic E-state index is 4.43. The van der Waals surface area contributed by atoms with Gasteiger partial charge in [-0.15, -0.1) is 0 Å². The van der Waals surface area contributed by atoms with Gasteiger partial charge < -0.3 is 15.5 Å². The summed E-state index contributed by atoms with van der Waals surface area (Å²) in [5, 5.41) is 7.16. The second kappa shape index (κ2) is 4.74. The Morgan fingerprint density at radius 3 is 2.90 bits per heavy atom. The number of nitrogens with zero attached hydrogens (tertiary/aromatic N) is 2. The van der Waals surface area contributed by atoms with Crippen molar-refractivity contribution in [2.45, 2.75) is 24.8 Å². The monoisotopic (exact) mass is 334 g/mol. The van der Waals surface area contributed by atoms with Crippen LogP contribution in [0.25, 0.3) is 0 Å². The Morgan fingerprint density at radius 1 is 1.35 bits per heavy atom. The Balaban J connectivity index is 1.48. The van der Waals surface area contributed by atoms with Crippen LogP contribution in [0.3, 0.4) is 0 Å². The second-order valence-electron chi connectivity index (χ2n) is 6.12. The van der Waals surface area contributed by atoms with Crippen LogP contribution in [0.15, 0.2) is 34.7 Å². The first kappa shape index (κ1) is 12.7. The average Bonchev–Trinajstić information content (AvgIpc) is 2.83. The summed E-state index contributed by atoms with van der Waals surface area (Å²) in [6.07, 6.45) is 6.10. The number of hydrogen-bond acceptors (Lipinski definition) is 4. The fraction of sp³-hybridized carbons (Fsp3) is 0.533. The molecule has 5 heterocycles. The molecule has 5 rings (SSSR count). The number of rotatable bonds is 2. The van der Waals surface area contributed by atoms with Crippen molar-refractivity contribution < 1.29 is 0 Å². The number of fused-ring (bicyclic) bond motifs is 2. The van der Waals surface area contributed by atoms with E-state index < -0.39 is 0 Å². The number of piperidine rings is 3. The Kier molecular flexibility index (Phi) is 3.00. The van der Waals surface area contributed by atoms with Gasteiger partial charge in [0.15, 0.2) is 0 Å². The average molecular weight is 335 g/mol. The highest BCUT2D eigenvalue weighted by Crippen LogP contribution is 2.41. The molecule has 0 aromatic carbocycles. The number of halogens is 1. The molecule has 0 saturated carbocycles. The van der Waals surface area contributed by atoms with Crippen LogP contribution in [-0.2, 0) is 0 Å². The predicted molar refractivity (Wildman–Crippen MR) is 83.3 cm³/mol. The fourth-order valence-electron chi connectivity index (χ4n) is 3.90. The topological polar surface area (TPSA) is 40.2 Å². The Morgan fingerprint density at radius 2 is 2.20 bits per heavy atom. The molecular weight excluding hydrogens is 316 g/mol. The molecule has 4 aliphatic rings. The molecule has 0 amide bonds. The summed E-state index contributed by atoms with van der Waals surface area (Å²) in [6, 6.07) is 5.93. The van der Waals surface area contributed by atoms with E-state index in [0.717, 1.165) is 28.6 Å². The van der Waals surface area contributed by atoms with Crippen LogP contribution in [0.1, 0.15) is 19.3 Å². The minimum atomic E-state index is 0.269. The summed E-state index contributed by atoms with van der Waals surface area (Å²) in [6.45, 7) is 3.75. The van der Waals surface area contributed by atoms with Crippen LogP contribution in [-0.4, -0.2) is 35.1 Å². The molecule has 5 heteroatoms. The molecular formula is C15H19BrN4. The number of hydrogen-bond donors (Lipinski definition) is 2. The molecule has 1 aromatic heterocycles. The summed E-state index contributed by atoms with van der Waals surface area (Å²) in [7, 11) is 0. The molecule has 1 spiro atoms. The maximum Gasteiger partial charge on any atom is 0.132 e. The van der Waals surface area contributed by atoms with E-state index in [4.69, 9.17) is 0 Å². The van der Waals surface area contributed by atoms with E-state index >= 15 is 0 Å². The highest BCUT2D eigenvalue weighted by molar-refractivity contribution is 9.10. The van der Waals surface area contributed by atoms with E-state index in [1.807, 2.05) is 18.2 Å². The smallest absolute Gasteiger partial charge is 0.132 e. The Hall–Kier alpha value is -1.07. The van der Waals surface area contributed by atoms with Crippen molar-refractivity contribution in [3.8, 4) is 0 Å². The third kappa shape index (κ3) is 2.13. The quantitative estimate of drug-likeness (QED) is 0.815. The first-order valence-electron chi connectivity index (χ1n) is 7.34. The zero-order valence-electron chi connectivity index (χ0n) is 11.4. The van der Waals surface area contributed by atoms with Gasteiger partial charge in [0, 0.05) is 6.54 Å². The minimum Gasteiger partial charge on any atom is -0.365 e. The van der Waals surface area contributed by atoms with Gasteiger partial charge in [-0.1, -0.05) is 6.07 Å². The summed E-state index contributed by atoms with van der Waals surface area (Å²) < 4.78 is 0.860. The van der Waals surface area contributed by atoms with Crippen LogP contribution < -0.4 is 10.6 Å². The van der Waals surface area contributed by atoms with E-state index in [1.54, 1.807) is 0 Å². The molecule has 20 heavy (non-hydrogen) atoms. The van der Waals surface area contributed by atoms with E-state index in [-0.39, 0.29) is 5.54 Å². The Bertz CT molecular complexity index is 551. The van der Waals surface area contributed by atoms with Gasteiger partial charge in [-0.3, -0.25) is 0 Å². The van der Waals surface area contributed by atoms with Crippen molar-refractivity contribution in [2.75, 3.05) is 25.0 Å². The maximum absolute atomic E-state index is 4.43. The van der Waals surface area contributed by atoms with E-state index in [0.29, 0.717) is 0 Å². The zero-order valence-corrected chi connectivity index (χ0v) is 13.0. The molecule has 0 radical (unpaired) electrons. The van der Waals surface area contributed by atoms with Gasteiger partial charge in [0.05, 0.1) is 5.54 Å². The van der Waals surface area contributed by atoms with Gasteiger partial charge in [-0.25, -0.2) is 4.98 Å². The van der Waals surface area contributed by atoms with E-state index in [1.165, 1.54) is 32.5 Å². The van der Waals surface area contributed by atoms with Crippen molar-refractivity contribution in [1.82, 2.24) is 15.2 Å². The highest BCUT2D eigenvalue weighted by atomic mass is 79.9. The SMILES string of the molecule is Brc1cccc(NC2=CC[C@@]3(CN4CCC3CC4)N2)n1. The number of pyridine rings is 1. The van der Waals surface area contributed by atoms with Crippen LogP contribution in [0.5, 0.6) is 0 Å². The molecule has 1 aromatic rings. The standard InChI is InChI=1S/C15H19BrN4/c16-12-2-1-3-13(17-12)18-14-4-7-15(19-14)10-20-8-5-11(15)6-9-20/h1-4,11,19H,5-10H2,(H,17,18)/t15-/m0/s1. The lowest BCUT2D eigenvalue weighted by Crippen LogP contribution is -2.64. The molecule has 0 unspecified atom stereocenters. The molecule has 2 bridgehead atoms. The highest BCUT2D eigenvalue weighted by Gasteiger charge is 2.48. The lowest BCUT2D eigenvalue weighted by atomic mass is 9.72. The second-order valence-corrected chi connectivity index (χ2v) is 6.94. The molecule has 2 N–H and O–H groups in total. The molecule has 3 fully saturated rings. The lowest BCUT2D eigenvalue weighted by molar-refractivity contribution is 0.0189. The molecule has 106 valence electrons. The van der Waals surface area contributed by atoms with Gasteiger partial charge >= 0.3 is 0 Å². The Labute approximate surface area is 127 Å². The van der Waals surface area contributed by atoms with Gasteiger partial charge in [0.1, 0.15) is 16.2 Å². The lowest BCUT2D eigenvalue weighted by Gasteiger charge is -2.52. The van der Waals surface area contributed by atoms with E-state index in [2.05, 4.69) is 42.5 Å². The molecule has 4 nitrogen and oxygen atoms in total. The fourth-order valence-corrected chi connectivity index (χ4v) is 4.24.